The Kier molecular flexibility index (Phi) is 4.81. The molecular weight excluding hydrogens is 236 g/mol. The van der Waals surface area contributed by atoms with Crippen molar-refractivity contribution < 1.29 is 4.74 Å². The summed E-state index contributed by atoms with van der Waals surface area (Å²) in [4.78, 5) is 0. The molecule has 0 amide bonds. The average molecular weight is 258 g/mol. The van der Waals surface area contributed by atoms with Crippen LogP contribution >= 0.6 is 0 Å². The van der Waals surface area contributed by atoms with Crippen LogP contribution in [0.5, 0.6) is 5.75 Å². The van der Waals surface area contributed by atoms with E-state index in [9.17, 15) is 0 Å². The van der Waals surface area contributed by atoms with Gasteiger partial charge in [-0.2, -0.15) is 5.26 Å². The van der Waals surface area contributed by atoms with Gasteiger partial charge in [-0.15, -0.1) is 0 Å². The van der Waals surface area contributed by atoms with Crippen LogP contribution in [0.25, 0.3) is 0 Å². The molecule has 1 fully saturated rings. The van der Waals surface area contributed by atoms with Gasteiger partial charge in [0.05, 0.1) is 18.2 Å². The van der Waals surface area contributed by atoms with E-state index in [2.05, 4.69) is 11.4 Å². The van der Waals surface area contributed by atoms with E-state index >= 15 is 0 Å². The number of nitriles is 1. The lowest BCUT2D eigenvalue weighted by Crippen LogP contribution is -2.35. The monoisotopic (exact) mass is 258 g/mol. The maximum atomic E-state index is 8.92. The van der Waals surface area contributed by atoms with Crippen molar-refractivity contribution >= 4 is 0 Å². The molecule has 0 saturated carbocycles. The first-order valence-corrected chi connectivity index (χ1v) is 7.08. The third-order valence-corrected chi connectivity index (χ3v) is 3.71. The van der Waals surface area contributed by atoms with Gasteiger partial charge in [0.1, 0.15) is 5.75 Å². The number of benzene rings is 1. The molecule has 3 nitrogen and oxygen atoms in total. The third-order valence-electron chi connectivity index (χ3n) is 3.71. The highest BCUT2D eigenvalue weighted by atomic mass is 16.5. The standard InChI is InChI=1S/C16H22N2O/c1-12-9-14(11-17)10-13(2)16(12)19-8-6-15-5-3-4-7-18-15/h9-10,15,18H,3-8H2,1-2H3. The van der Waals surface area contributed by atoms with E-state index in [1.807, 2.05) is 26.0 Å². The van der Waals surface area contributed by atoms with Gasteiger partial charge in [0.2, 0.25) is 0 Å². The Morgan fingerprint density at radius 2 is 2.05 bits per heavy atom. The zero-order chi connectivity index (χ0) is 13.7. The van der Waals surface area contributed by atoms with E-state index in [0.29, 0.717) is 11.6 Å². The molecule has 1 atom stereocenters. The Hall–Kier alpha value is -1.53. The van der Waals surface area contributed by atoms with E-state index in [4.69, 9.17) is 10.00 Å². The molecule has 0 radical (unpaired) electrons. The molecule has 3 heteroatoms. The lowest BCUT2D eigenvalue weighted by atomic mass is 10.0. The smallest absolute Gasteiger partial charge is 0.125 e. The summed E-state index contributed by atoms with van der Waals surface area (Å²) in [5, 5.41) is 12.5. The second-order valence-corrected chi connectivity index (χ2v) is 5.33. The third kappa shape index (κ3) is 3.71. The van der Waals surface area contributed by atoms with Crippen molar-refractivity contribution in [3.05, 3.63) is 28.8 Å². The van der Waals surface area contributed by atoms with Crippen LogP contribution in [0.1, 0.15) is 42.4 Å². The average Bonchev–Trinajstić information content (AvgIpc) is 2.42. The van der Waals surface area contributed by atoms with Crippen LogP contribution in [0.2, 0.25) is 0 Å². The van der Waals surface area contributed by atoms with Crippen molar-refractivity contribution in [2.45, 2.75) is 45.6 Å². The van der Waals surface area contributed by atoms with E-state index < -0.39 is 0 Å². The summed E-state index contributed by atoms with van der Waals surface area (Å²) in [7, 11) is 0. The maximum Gasteiger partial charge on any atom is 0.125 e. The lowest BCUT2D eigenvalue weighted by molar-refractivity contribution is 0.265. The van der Waals surface area contributed by atoms with Crippen LogP contribution in [0.15, 0.2) is 12.1 Å². The normalized spacial score (nSPS) is 18.9. The van der Waals surface area contributed by atoms with Crippen LogP contribution < -0.4 is 10.1 Å². The summed E-state index contributed by atoms with van der Waals surface area (Å²) in [5.74, 6) is 0.940. The van der Waals surface area contributed by atoms with E-state index in [0.717, 1.165) is 36.4 Å². The molecule has 1 aromatic rings. The summed E-state index contributed by atoms with van der Waals surface area (Å²) in [6, 6.07) is 6.56. The summed E-state index contributed by atoms with van der Waals surface area (Å²) in [6.07, 6.45) is 4.94. The Morgan fingerprint density at radius 3 is 2.63 bits per heavy atom. The topological polar surface area (TPSA) is 45.0 Å². The fourth-order valence-corrected chi connectivity index (χ4v) is 2.72. The molecule has 1 aliphatic heterocycles. The second-order valence-electron chi connectivity index (χ2n) is 5.33. The zero-order valence-electron chi connectivity index (χ0n) is 11.8. The molecule has 102 valence electrons. The number of ether oxygens (including phenoxy) is 1. The van der Waals surface area contributed by atoms with Gasteiger partial charge >= 0.3 is 0 Å². The van der Waals surface area contributed by atoms with Crippen LogP contribution in [0.3, 0.4) is 0 Å². The zero-order valence-corrected chi connectivity index (χ0v) is 11.8. The molecule has 0 spiro atoms. The molecule has 0 aromatic heterocycles. The maximum absolute atomic E-state index is 8.92. The first-order valence-electron chi connectivity index (χ1n) is 7.08. The molecule has 1 unspecified atom stereocenters. The Labute approximate surface area is 115 Å². The van der Waals surface area contributed by atoms with Gasteiger partial charge in [-0.05, 0) is 62.9 Å². The van der Waals surface area contributed by atoms with Gasteiger partial charge in [0.25, 0.3) is 0 Å². The van der Waals surface area contributed by atoms with E-state index in [1.165, 1.54) is 19.3 Å². The van der Waals surface area contributed by atoms with Gasteiger partial charge in [-0.1, -0.05) is 6.42 Å². The molecule has 1 N–H and O–H groups in total. The van der Waals surface area contributed by atoms with Gasteiger partial charge < -0.3 is 10.1 Å². The number of hydrogen-bond acceptors (Lipinski definition) is 3. The largest absolute Gasteiger partial charge is 0.493 e. The minimum Gasteiger partial charge on any atom is -0.493 e. The summed E-state index contributed by atoms with van der Waals surface area (Å²) in [6.45, 7) is 5.88. The van der Waals surface area contributed by atoms with E-state index in [1.54, 1.807) is 0 Å². The van der Waals surface area contributed by atoms with Crippen molar-refractivity contribution in [3.63, 3.8) is 0 Å². The predicted molar refractivity (Wildman–Crippen MR) is 76.4 cm³/mol. The number of rotatable bonds is 4. The van der Waals surface area contributed by atoms with Crippen molar-refractivity contribution in [3.8, 4) is 11.8 Å². The first kappa shape index (κ1) is 13.9. The molecular formula is C16H22N2O. The minimum atomic E-state index is 0.604. The number of nitrogens with zero attached hydrogens (tertiary/aromatic N) is 1. The van der Waals surface area contributed by atoms with Gasteiger partial charge in [0.15, 0.2) is 0 Å². The highest BCUT2D eigenvalue weighted by Crippen LogP contribution is 2.25. The molecule has 1 saturated heterocycles. The highest BCUT2D eigenvalue weighted by molar-refractivity contribution is 5.47. The summed E-state index contributed by atoms with van der Waals surface area (Å²) in [5.41, 5.74) is 2.80. The fourth-order valence-electron chi connectivity index (χ4n) is 2.72. The quantitative estimate of drug-likeness (QED) is 0.902. The number of aryl methyl sites for hydroxylation is 2. The van der Waals surface area contributed by atoms with Gasteiger partial charge in [-0.3, -0.25) is 0 Å². The molecule has 1 heterocycles. The van der Waals surface area contributed by atoms with Crippen LogP contribution in [0, 0.1) is 25.2 Å². The number of piperidine rings is 1. The van der Waals surface area contributed by atoms with E-state index in [-0.39, 0.29) is 0 Å². The van der Waals surface area contributed by atoms with Crippen molar-refractivity contribution in [2.75, 3.05) is 13.2 Å². The van der Waals surface area contributed by atoms with Crippen molar-refractivity contribution in [1.29, 1.82) is 5.26 Å². The Balaban J connectivity index is 1.90. The fraction of sp³-hybridized carbons (Fsp3) is 0.562. The number of hydrogen-bond donors (Lipinski definition) is 1. The molecule has 19 heavy (non-hydrogen) atoms. The van der Waals surface area contributed by atoms with Crippen molar-refractivity contribution in [1.82, 2.24) is 5.32 Å². The first-order chi connectivity index (χ1) is 9.20. The Morgan fingerprint density at radius 1 is 1.32 bits per heavy atom. The predicted octanol–water partition coefficient (Wildman–Crippen LogP) is 3.09. The summed E-state index contributed by atoms with van der Waals surface area (Å²) < 4.78 is 5.92. The van der Waals surface area contributed by atoms with Crippen LogP contribution in [0.4, 0.5) is 0 Å². The van der Waals surface area contributed by atoms with Crippen LogP contribution in [-0.4, -0.2) is 19.2 Å². The molecule has 1 aromatic carbocycles. The lowest BCUT2D eigenvalue weighted by Gasteiger charge is -2.23. The molecule has 1 aliphatic rings. The molecule has 2 rings (SSSR count). The second kappa shape index (κ2) is 6.58. The SMILES string of the molecule is Cc1cc(C#N)cc(C)c1OCCC1CCCCN1. The minimum absolute atomic E-state index is 0.604. The van der Waals surface area contributed by atoms with Gasteiger partial charge in [-0.25, -0.2) is 0 Å². The van der Waals surface area contributed by atoms with Crippen LogP contribution in [-0.2, 0) is 0 Å². The molecule has 0 bridgehead atoms. The Bertz CT molecular complexity index is 447. The highest BCUT2D eigenvalue weighted by Gasteiger charge is 2.13. The number of nitrogens with one attached hydrogen (secondary N) is 1. The van der Waals surface area contributed by atoms with Crippen molar-refractivity contribution in [2.24, 2.45) is 0 Å². The molecule has 0 aliphatic carbocycles. The van der Waals surface area contributed by atoms with Gasteiger partial charge in [0, 0.05) is 6.04 Å². The summed E-state index contributed by atoms with van der Waals surface area (Å²) >= 11 is 0.